The van der Waals surface area contributed by atoms with Crippen molar-refractivity contribution >= 4 is 0 Å². The maximum atomic E-state index is 10.1. The third kappa shape index (κ3) is 2.54. The molecule has 2 heterocycles. The summed E-state index contributed by atoms with van der Waals surface area (Å²) in [5.74, 6) is 1.56. The number of benzene rings is 1. The summed E-state index contributed by atoms with van der Waals surface area (Å²) in [5, 5.41) is 13.5. The Kier molecular flexibility index (Phi) is 3.59. The summed E-state index contributed by atoms with van der Waals surface area (Å²) in [6.45, 7) is 5.96. The monoisotopic (exact) mass is 264 g/mol. The van der Waals surface area contributed by atoms with E-state index in [2.05, 4.69) is 10.2 Å². The van der Waals surface area contributed by atoms with E-state index in [4.69, 9.17) is 9.47 Å². The number of ether oxygens (including phenoxy) is 2. The minimum atomic E-state index is -0.418. The Morgan fingerprint density at radius 3 is 2.68 bits per heavy atom. The number of hydrogen-bond donors (Lipinski definition) is 2. The normalized spacial score (nSPS) is 22.2. The van der Waals surface area contributed by atoms with Gasteiger partial charge in [0.2, 0.25) is 6.79 Å². The van der Waals surface area contributed by atoms with Gasteiger partial charge >= 0.3 is 0 Å². The van der Waals surface area contributed by atoms with E-state index in [-0.39, 0.29) is 12.8 Å². The van der Waals surface area contributed by atoms with E-state index in [9.17, 15) is 5.11 Å². The minimum absolute atomic E-state index is 0.0107. The lowest BCUT2D eigenvalue weighted by Crippen LogP contribution is -2.47. The highest BCUT2D eigenvalue weighted by Gasteiger charge is 2.27. The van der Waals surface area contributed by atoms with Crippen molar-refractivity contribution in [1.82, 2.24) is 10.2 Å². The van der Waals surface area contributed by atoms with Gasteiger partial charge in [0.1, 0.15) is 0 Å². The van der Waals surface area contributed by atoms with Crippen molar-refractivity contribution in [2.24, 2.45) is 0 Å². The summed E-state index contributed by atoms with van der Waals surface area (Å²) >= 11 is 0. The van der Waals surface area contributed by atoms with E-state index in [0.717, 1.165) is 43.2 Å². The number of rotatable bonds is 3. The van der Waals surface area contributed by atoms with Gasteiger partial charge in [0, 0.05) is 26.2 Å². The van der Waals surface area contributed by atoms with Crippen LogP contribution < -0.4 is 14.8 Å². The summed E-state index contributed by atoms with van der Waals surface area (Å²) in [7, 11) is 0. The predicted octanol–water partition coefficient (Wildman–Crippen LogP) is 0.742. The SMILES string of the molecule is CC(O)C(c1ccc2c(c1)OCO2)N1CCNCC1. The van der Waals surface area contributed by atoms with Crippen LogP contribution >= 0.6 is 0 Å². The van der Waals surface area contributed by atoms with Gasteiger partial charge in [0.05, 0.1) is 12.1 Å². The van der Waals surface area contributed by atoms with E-state index >= 15 is 0 Å². The highest BCUT2D eigenvalue weighted by molar-refractivity contribution is 5.45. The van der Waals surface area contributed by atoms with Crippen molar-refractivity contribution < 1.29 is 14.6 Å². The number of aliphatic hydroxyl groups excluding tert-OH is 1. The molecule has 2 aliphatic rings. The Hall–Kier alpha value is -1.30. The van der Waals surface area contributed by atoms with Crippen LogP contribution in [-0.2, 0) is 0 Å². The van der Waals surface area contributed by atoms with E-state index < -0.39 is 6.10 Å². The summed E-state index contributed by atoms with van der Waals surface area (Å²) in [6.07, 6.45) is -0.418. The molecule has 0 saturated carbocycles. The fourth-order valence-electron chi connectivity index (χ4n) is 2.85. The molecule has 5 nitrogen and oxygen atoms in total. The van der Waals surface area contributed by atoms with E-state index in [1.807, 2.05) is 25.1 Å². The van der Waals surface area contributed by atoms with Crippen LogP contribution in [0.25, 0.3) is 0 Å². The van der Waals surface area contributed by atoms with Crippen LogP contribution in [0.5, 0.6) is 11.5 Å². The average Bonchev–Trinajstić information content (AvgIpc) is 2.87. The van der Waals surface area contributed by atoms with Crippen LogP contribution in [0, 0.1) is 0 Å². The van der Waals surface area contributed by atoms with Crippen molar-refractivity contribution in [2.45, 2.75) is 19.1 Å². The molecule has 0 aliphatic carbocycles. The van der Waals surface area contributed by atoms with Crippen LogP contribution in [0.3, 0.4) is 0 Å². The first kappa shape index (κ1) is 12.7. The molecule has 0 aromatic heterocycles. The van der Waals surface area contributed by atoms with Crippen molar-refractivity contribution in [3.8, 4) is 11.5 Å². The Balaban J connectivity index is 1.87. The Bertz CT molecular complexity index is 444. The van der Waals surface area contributed by atoms with Crippen molar-refractivity contribution in [1.29, 1.82) is 0 Å². The topological polar surface area (TPSA) is 54.0 Å². The third-order valence-corrected chi connectivity index (χ3v) is 3.74. The molecule has 3 rings (SSSR count). The van der Waals surface area contributed by atoms with Crippen molar-refractivity contribution in [3.63, 3.8) is 0 Å². The zero-order valence-corrected chi connectivity index (χ0v) is 11.1. The highest BCUT2D eigenvalue weighted by Crippen LogP contribution is 2.36. The number of fused-ring (bicyclic) bond motifs is 1. The summed E-state index contributed by atoms with van der Waals surface area (Å²) in [6, 6.07) is 5.95. The van der Waals surface area contributed by atoms with Crippen LogP contribution in [0.2, 0.25) is 0 Å². The molecular weight excluding hydrogens is 244 g/mol. The first-order valence-electron chi connectivity index (χ1n) is 6.78. The number of hydrogen-bond acceptors (Lipinski definition) is 5. The summed E-state index contributed by atoms with van der Waals surface area (Å²) < 4.78 is 10.8. The second-order valence-corrected chi connectivity index (χ2v) is 5.08. The van der Waals surface area contributed by atoms with E-state index in [0.29, 0.717) is 0 Å². The standard InChI is InChI=1S/C14H20N2O3/c1-10(17)14(16-6-4-15-5-7-16)11-2-3-12-13(8-11)19-9-18-12/h2-3,8,10,14-15,17H,4-7,9H2,1H3. The van der Waals surface area contributed by atoms with Gasteiger partial charge in [-0.1, -0.05) is 6.07 Å². The van der Waals surface area contributed by atoms with Gasteiger partial charge in [0.15, 0.2) is 11.5 Å². The lowest BCUT2D eigenvalue weighted by molar-refractivity contribution is 0.0524. The molecule has 2 unspecified atom stereocenters. The van der Waals surface area contributed by atoms with Gasteiger partial charge in [-0.2, -0.15) is 0 Å². The summed E-state index contributed by atoms with van der Waals surface area (Å²) in [5.41, 5.74) is 1.08. The van der Waals surface area contributed by atoms with Crippen LogP contribution in [0.1, 0.15) is 18.5 Å². The highest BCUT2D eigenvalue weighted by atomic mass is 16.7. The molecule has 5 heteroatoms. The quantitative estimate of drug-likeness (QED) is 0.843. The first-order chi connectivity index (χ1) is 9.25. The largest absolute Gasteiger partial charge is 0.454 e. The molecule has 0 amide bonds. The van der Waals surface area contributed by atoms with Gasteiger partial charge in [-0.05, 0) is 24.6 Å². The molecular formula is C14H20N2O3. The third-order valence-electron chi connectivity index (χ3n) is 3.74. The number of nitrogens with one attached hydrogen (secondary N) is 1. The number of piperazine rings is 1. The first-order valence-corrected chi connectivity index (χ1v) is 6.78. The molecule has 0 radical (unpaired) electrons. The molecule has 2 atom stereocenters. The molecule has 0 bridgehead atoms. The molecule has 104 valence electrons. The number of aliphatic hydroxyl groups is 1. The Morgan fingerprint density at radius 1 is 1.21 bits per heavy atom. The molecule has 1 saturated heterocycles. The maximum Gasteiger partial charge on any atom is 0.231 e. The van der Waals surface area contributed by atoms with Gasteiger partial charge in [0.25, 0.3) is 0 Å². The van der Waals surface area contributed by atoms with Gasteiger partial charge in [-0.15, -0.1) is 0 Å². The smallest absolute Gasteiger partial charge is 0.231 e. The lowest BCUT2D eigenvalue weighted by atomic mass is 9.99. The van der Waals surface area contributed by atoms with Gasteiger partial charge in [-0.3, -0.25) is 4.90 Å². The van der Waals surface area contributed by atoms with Gasteiger partial charge in [-0.25, -0.2) is 0 Å². The molecule has 1 aromatic carbocycles. The van der Waals surface area contributed by atoms with Crippen LogP contribution in [-0.4, -0.2) is 49.1 Å². The van der Waals surface area contributed by atoms with E-state index in [1.54, 1.807) is 0 Å². The molecule has 0 spiro atoms. The predicted molar refractivity (Wildman–Crippen MR) is 71.4 cm³/mol. The number of nitrogens with zero attached hydrogens (tertiary/aromatic N) is 1. The van der Waals surface area contributed by atoms with Crippen LogP contribution in [0.4, 0.5) is 0 Å². The molecule has 1 aromatic rings. The molecule has 2 N–H and O–H groups in total. The second kappa shape index (κ2) is 5.36. The average molecular weight is 264 g/mol. The zero-order chi connectivity index (χ0) is 13.2. The summed E-state index contributed by atoms with van der Waals surface area (Å²) in [4.78, 5) is 2.32. The van der Waals surface area contributed by atoms with Crippen LogP contribution in [0.15, 0.2) is 18.2 Å². The maximum absolute atomic E-state index is 10.1. The molecule has 19 heavy (non-hydrogen) atoms. The molecule has 2 aliphatic heterocycles. The Morgan fingerprint density at radius 2 is 1.95 bits per heavy atom. The fourth-order valence-corrected chi connectivity index (χ4v) is 2.85. The lowest BCUT2D eigenvalue weighted by Gasteiger charge is -2.36. The van der Waals surface area contributed by atoms with E-state index in [1.165, 1.54) is 0 Å². The second-order valence-electron chi connectivity index (χ2n) is 5.08. The van der Waals surface area contributed by atoms with Crippen molar-refractivity contribution in [3.05, 3.63) is 23.8 Å². The van der Waals surface area contributed by atoms with Gasteiger partial charge < -0.3 is 19.9 Å². The molecule has 1 fully saturated rings. The Labute approximate surface area is 113 Å². The minimum Gasteiger partial charge on any atom is -0.454 e. The van der Waals surface area contributed by atoms with Crippen molar-refractivity contribution in [2.75, 3.05) is 33.0 Å². The zero-order valence-electron chi connectivity index (χ0n) is 11.1. The fraction of sp³-hybridized carbons (Fsp3) is 0.571.